The van der Waals surface area contributed by atoms with Gasteiger partial charge in [0, 0.05) is 10.6 Å². The number of nitrogens with zero attached hydrogens (tertiary/aromatic N) is 1. The zero-order valence-corrected chi connectivity index (χ0v) is 17.5. The van der Waals surface area contributed by atoms with Gasteiger partial charge in [-0.2, -0.15) is 0 Å². The zero-order chi connectivity index (χ0) is 21.0. The maximum atomic E-state index is 12.3. The lowest BCUT2D eigenvalue weighted by molar-refractivity contribution is -0.135. The SMILES string of the molecule is COC(=O)C1=C(O)C(=Cc2cc(OC)ccc2OC)SC1=Nc1ccc(Cl)cc1. The van der Waals surface area contributed by atoms with E-state index in [4.69, 9.17) is 25.8 Å². The van der Waals surface area contributed by atoms with Crippen molar-refractivity contribution < 1.29 is 24.1 Å². The van der Waals surface area contributed by atoms with E-state index in [-0.39, 0.29) is 11.3 Å². The second kappa shape index (κ2) is 9.07. The van der Waals surface area contributed by atoms with Gasteiger partial charge in [-0.25, -0.2) is 9.79 Å². The molecule has 1 aliphatic heterocycles. The van der Waals surface area contributed by atoms with E-state index in [0.717, 1.165) is 11.8 Å². The lowest BCUT2D eigenvalue weighted by Gasteiger charge is -2.08. The number of hydrogen-bond donors (Lipinski definition) is 1. The summed E-state index contributed by atoms with van der Waals surface area (Å²) in [5.74, 6) is 0.338. The lowest BCUT2D eigenvalue weighted by Crippen LogP contribution is -2.10. The Bertz CT molecular complexity index is 1030. The summed E-state index contributed by atoms with van der Waals surface area (Å²) in [4.78, 5) is 17.2. The summed E-state index contributed by atoms with van der Waals surface area (Å²) < 4.78 is 15.5. The first-order chi connectivity index (χ1) is 14.0. The van der Waals surface area contributed by atoms with E-state index < -0.39 is 5.97 Å². The van der Waals surface area contributed by atoms with Crippen LogP contribution in [0.4, 0.5) is 5.69 Å². The molecule has 3 rings (SSSR count). The van der Waals surface area contributed by atoms with Crippen LogP contribution in [-0.2, 0) is 9.53 Å². The van der Waals surface area contributed by atoms with Crippen molar-refractivity contribution in [3.8, 4) is 11.5 Å². The minimum atomic E-state index is -0.677. The van der Waals surface area contributed by atoms with Crippen LogP contribution >= 0.6 is 23.4 Å². The normalized spacial score (nSPS) is 16.4. The Morgan fingerprint density at radius 1 is 1.10 bits per heavy atom. The van der Waals surface area contributed by atoms with Gasteiger partial charge < -0.3 is 19.3 Å². The van der Waals surface area contributed by atoms with Crippen molar-refractivity contribution in [3.05, 3.63) is 69.3 Å². The molecule has 0 aromatic heterocycles. The van der Waals surface area contributed by atoms with Crippen molar-refractivity contribution in [1.82, 2.24) is 0 Å². The first kappa shape index (κ1) is 20.8. The molecule has 0 saturated heterocycles. The van der Waals surface area contributed by atoms with Gasteiger partial charge in [0.05, 0.1) is 31.9 Å². The first-order valence-electron chi connectivity index (χ1n) is 8.45. The number of rotatable bonds is 5. The fraction of sp³-hybridized carbons (Fsp3) is 0.143. The molecule has 0 spiro atoms. The van der Waals surface area contributed by atoms with E-state index in [0.29, 0.717) is 37.7 Å². The smallest absolute Gasteiger partial charge is 0.344 e. The number of halogens is 1. The van der Waals surface area contributed by atoms with E-state index in [1.165, 1.54) is 7.11 Å². The predicted molar refractivity (Wildman–Crippen MR) is 115 cm³/mol. The molecule has 1 heterocycles. The van der Waals surface area contributed by atoms with Crippen LogP contribution in [0.15, 0.2) is 63.7 Å². The third-order valence-corrected chi connectivity index (χ3v) is 5.33. The minimum Gasteiger partial charge on any atom is -0.506 e. The molecule has 0 amide bonds. The average Bonchev–Trinajstić information content (AvgIpc) is 3.03. The highest BCUT2D eigenvalue weighted by Gasteiger charge is 2.33. The van der Waals surface area contributed by atoms with Gasteiger partial charge in [0.2, 0.25) is 0 Å². The summed E-state index contributed by atoms with van der Waals surface area (Å²) in [6.07, 6.45) is 1.70. The number of esters is 1. The molecule has 0 fully saturated rings. The fourth-order valence-electron chi connectivity index (χ4n) is 2.62. The number of thioether (sulfide) groups is 1. The van der Waals surface area contributed by atoms with Crippen LogP contribution in [0.25, 0.3) is 6.08 Å². The summed E-state index contributed by atoms with van der Waals surface area (Å²) in [6, 6.07) is 12.1. The van der Waals surface area contributed by atoms with Crippen LogP contribution < -0.4 is 9.47 Å². The van der Waals surface area contributed by atoms with Gasteiger partial charge in [-0.05, 0) is 48.5 Å². The molecule has 2 aromatic rings. The molecule has 0 saturated carbocycles. The fourth-order valence-corrected chi connectivity index (χ4v) is 3.77. The number of methoxy groups -OCH3 is 3. The molecular formula is C21H18ClNO5S. The highest BCUT2D eigenvalue weighted by atomic mass is 35.5. The molecule has 0 atom stereocenters. The Balaban J connectivity index is 2.08. The van der Waals surface area contributed by atoms with Crippen LogP contribution in [0, 0.1) is 0 Å². The van der Waals surface area contributed by atoms with Crippen LogP contribution in [0.3, 0.4) is 0 Å². The summed E-state index contributed by atoms with van der Waals surface area (Å²) >= 11 is 7.07. The number of aliphatic hydroxyl groups is 1. The molecule has 150 valence electrons. The molecule has 0 bridgehead atoms. The second-order valence-corrected chi connectivity index (χ2v) is 7.29. The van der Waals surface area contributed by atoms with Crippen LogP contribution in [0.1, 0.15) is 5.56 Å². The van der Waals surface area contributed by atoms with Gasteiger partial charge in [0.15, 0.2) is 0 Å². The standard InChI is InChI=1S/C21H18ClNO5S/c1-26-15-8-9-16(27-2)12(10-15)11-17-19(24)18(21(25)28-3)20(29-17)23-14-6-4-13(22)5-7-14/h4-11,24H,1-3H3. The maximum absolute atomic E-state index is 12.3. The van der Waals surface area contributed by atoms with E-state index in [2.05, 4.69) is 4.99 Å². The Morgan fingerprint density at radius 2 is 1.83 bits per heavy atom. The minimum absolute atomic E-state index is 0.000521. The number of carbonyl (C=O) groups is 1. The summed E-state index contributed by atoms with van der Waals surface area (Å²) in [6.45, 7) is 0. The molecule has 1 aliphatic rings. The average molecular weight is 432 g/mol. The van der Waals surface area contributed by atoms with E-state index in [1.54, 1.807) is 62.8 Å². The zero-order valence-electron chi connectivity index (χ0n) is 15.9. The molecule has 0 unspecified atom stereocenters. The molecule has 2 aromatic carbocycles. The van der Waals surface area contributed by atoms with Crippen molar-refractivity contribution >= 4 is 46.1 Å². The van der Waals surface area contributed by atoms with E-state index >= 15 is 0 Å². The monoisotopic (exact) mass is 431 g/mol. The molecule has 29 heavy (non-hydrogen) atoms. The summed E-state index contributed by atoms with van der Waals surface area (Å²) in [5, 5.41) is 11.6. The van der Waals surface area contributed by atoms with Crippen molar-refractivity contribution in [3.63, 3.8) is 0 Å². The van der Waals surface area contributed by atoms with E-state index in [9.17, 15) is 9.90 Å². The molecule has 1 N–H and O–H groups in total. The quantitative estimate of drug-likeness (QED) is 0.659. The molecule has 6 nitrogen and oxygen atoms in total. The first-order valence-corrected chi connectivity index (χ1v) is 9.64. The van der Waals surface area contributed by atoms with Crippen molar-refractivity contribution in [1.29, 1.82) is 0 Å². The number of carbonyl (C=O) groups excluding carboxylic acids is 1. The maximum Gasteiger partial charge on any atom is 0.344 e. The number of aliphatic hydroxyl groups excluding tert-OH is 1. The van der Waals surface area contributed by atoms with Gasteiger partial charge in [-0.3, -0.25) is 0 Å². The van der Waals surface area contributed by atoms with Crippen molar-refractivity contribution in [2.24, 2.45) is 4.99 Å². The number of aliphatic imine (C=N–C) groups is 1. The molecule has 0 aliphatic carbocycles. The van der Waals surface area contributed by atoms with Crippen molar-refractivity contribution in [2.45, 2.75) is 0 Å². The molecule has 8 heteroatoms. The largest absolute Gasteiger partial charge is 0.506 e. The van der Waals surface area contributed by atoms with E-state index in [1.807, 2.05) is 0 Å². The predicted octanol–water partition coefficient (Wildman–Crippen LogP) is 5.16. The van der Waals surface area contributed by atoms with Gasteiger partial charge in [-0.15, -0.1) is 0 Å². The number of hydrogen-bond acceptors (Lipinski definition) is 7. The lowest BCUT2D eigenvalue weighted by atomic mass is 10.1. The Kier molecular flexibility index (Phi) is 6.51. The third-order valence-electron chi connectivity index (χ3n) is 4.06. The number of benzene rings is 2. The highest BCUT2D eigenvalue weighted by Crippen LogP contribution is 2.41. The Labute approximate surface area is 177 Å². The second-order valence-electron chi connectivity index (χ2n) is 5.83. The van der Waals surface area contributed by atoms with Gasteiger partial charge in [0.1, 0.15) is 27.9 Å². The van der Waals surface area contributed by atoms with Crippen molar-refractivity contribution in [2.75, 3.05) is 21.3 Å². The summed E-state index contributed by atoms with van der Waals surface area (Å²) in [5.41, 5.74) is 1.27. The Morgan fingerprint density at radius 3 is 2.45 bits per heavy atom. The Hall–Kier alpha value is -2.90. The molecule has 0 radical (unpaired) electrons. The summed E-state index contributed by atoms with van der Waals surface area (Å²) in [7, 11) is 4.36. The molecular weight excluding hydrogens is 414 g/mol. The van der Waals surface area contributed by atoms with Crippen LogP contribution in [-0.4, -0.2) is 37.4 Å². The van der Waals surface area contributed by atoms with Gasteiger partial charge in [-0.1, -0.05) is 23.4 Å². The van der Waals surface area contributed by atoms with Gasteiger partial charge in [0.25, 0.3) is 0 Å². The third kappa shape index (κ3) is 4.58. The van der Waals surface area contributed by atoms with Crippen LogP contribution in [0.5, 0.6) is 11.5 Å². The van der Waals surface area contributed by atoms with Crippen LogP contribution in [0.2, 0.25) is 5.02 Å². The van der Waals surface area contributed by atoms with Gasteiger partial charge >= 0.3 is 5.97 Å². The highest BCUT2D eigenvalue weighted by molar-refractivity contribution is 8.18. The number of ether oxygens (including phenoxy) is 3. The topological polar surface area (TPSA) is 77.4 Å².